The van der Waals surface area contributed by atoms with E-state index in [9.17, 15) is 4.21 Å². The quantitative estimate of drug-likeness (QED) is 0.827. The van der Waals surface area contributed by atoms with E-state index in [1.807, 2.05) is 25.1 Å². The molecule has 2 unspecified atom stereocenters. The van der Waals surface area contributed by atoms with Gasteiger partial charge in [-0.2, -0.15) is 0 Å². The first-order chi connectivity index (χ1) is 9.49. The number of halogens is 1. The summed E-state index contributed by atoms with van der Waals surface area (Å²) in [6.45, 7) is 2.01. The SMILES string of the molecule is CC(CCS(C)=O)n1nnnc1-c1ccc(Br)c(N)c1. The fourth-order valence-corrected chi connectivity index (χ4v) is 2.74. The molecule has 2 rings (SSSR count). The topological polar surface area (TPSA) is 86.7 Å². The molecule has 0 saturated heterocycles. The standard InChI is InChI=1S/C12H16BrN5OS/c1-8(5-6-20(2)19)18-12(15-16-17-18)9-3-4-10(13)11(14)7-9/h3-4,7-8H,5-6,14H2,1-2H3. The lowest BCUT2D eigenvalue weighted by Crippen LogP contribution is -2.12. The van der Waals surface area contributed by atoms with Crippen molar-refractivity contribution < 1.29 is 4.21 Å². The first kappa shape index (κ1) is 15.1. The largest absolute Gasteiger partial charge is 0.398 e. The van der Waals surface area contributed by atoms with Crippen molar-refractivity contribution in [2.75, 3.05) is 17.7 Å². The molecule has 0 aliphatic rings. The van der Waals surface area contributed by atoms with E-state index >= 15 is 0 Å². The second kappa shape index (κ2) is 6.45. The van der Waals surface area contributed by atoms with Gasteiger partial charge in [0.25, 0.3) is 0 Å². The van der Waals surface area contributed by atoms with Crippen LogP contribution in [0, 0.1) is 0 Å². The Morgan fingerprint density at radius 3 is 2.90 bits per heavy atom. The zero-order valence-electron chi connectivity index (χ0n) is 11.3. The second-order valence-corrected chi connectivity index (χ2v) is 7.01. The summed E-state index contributed by atoms with van der Waals surface area (Å²) in [7, 11) is -0.814. The Hall–Kier alpha value is -1.28. The van der Waals surface area contributed by atoms with E-state index in [-0.39, 0.29) is 6.04 Å². The molecule has 0 aliphatic carbocycles. The molecule has 20 heavy (non-hydrogen) atoms. The number of aromatic nitrogens is 4. The van der Waals surface area contributed by atoms with Gasteiger partial charge in [0.1, 0.15) is 0 Å². The van der Waals surface area contributed by atoms with Gasteiger partial charge < -0.3 is 5.73 Å². The highest BCUT2D eigenvalue weighted by Crippen LogP contribution is 2.27. The van der Waals surface area contributed by atoms with Gasteiger partial charge in [0.05, 0.1) is 6.04 Å². The molecule has 8 heteroatoms. The van der Waals surface area contributed by atoms with Gasteiger partial charge in [-0.15, -0.1) is 5.10 Å². The molecule has 0 fully saturated rings. The molecule has 0 amide bonds. The van der Waals surface area contributed by atoms with Crippen molar-refractivity contribution in [2.24, 2.45) is 0 Å². The maximum atomic E-state index is 11.2. The average molecular weight is 358 g/mol. The van der Waals surface area contributed by atoms with Gasteiger partial charge in [-0.3, -0.25) is 4.21 Å². The van der Waals surface area contributed by atoms with E-state index < -0.39 is 10.8 Å². The van der Waals surface area contributed by atoms with Crippen molar-refractivity contribution >= 4 is 32.4 Å². The first-order valence-corrected chi connectivity index (χ1v) is 8.64. The Bertz CT molecular complexity index is 630. The third kappa shape index (κ3) is 3.43. The minimum Gasteiger partial charge on any atom is -0.398 e. The maximum absolute atomic E-state index is 11.2. The highest BCUT2D eigenvalue weighted by Gasteiger charge is 2.15. The summed E-state index contributed by atoms with van der Waals surface area (Å²) in [6.07, 6.45) is 2.45. The van der Waals surface area contributed by atoms with Gasteiger partial charge in [-0.25, -0.2) is 4.68 Å². The number of nitrogen functional groups attached to an aromatic ring is 1. The molecule has 0 aliphatic heterocycles. The summed E-state index contributed by atoms with van der Waals surface area (Å²) in [4.78, 5) is 0. The van der Waals surface area contributed by atoms with Crippen LogP contribution in [-0.4, -0.2) is 36.4 Å². The molecular weight excluding hydrogens is 342 g/mol. The van der Waals surface area contributed by atoms with Crippen LogP contribution >= 0.6 is 15.9 Å². The van der Waals surface area contributed by atoms with Gasteiger partial charge in [0, 0.05) is 38.5 Å². The maximum Gasteiger partial charge on any atom is 0.182 e. The molecule has 6 nitrogen and oxygen atoms in total. The summed E-state index contributed by atoms with van der Waals surface area (Å²) >= 11 is 3.36. The van der Waals surface area contributed by atoms with Crippen molar-refractivity contribution in [3.05, 3.63) is 22.7 Å². The fraction of sp³-hybridized carbons (Fsp3) is 0.417. The number of nitrogens with zero attached hydrogens (tertiary/aromatic N) is 4. The van der Waals surface area contributed by atoms with Crippen LogP contribution in [0.1, 0.15) is 19.4 Å². The zero-order chi connectivity index (χ0) is 14.7. The molecule has 0 saturated carbocycles. The number of hydrogen-bond acceptors (Lipinski definition) is 5. The minimum absolute atomic E-state index is 0.0776. The third-order valence-corrected chi connectivity index (χ3v) is 4.52. The van der Waals surface area contributed by atoms with Crippen molar-refractivity contribution in [3.63, 3.8) is 0 Å². The van der Waals surface area contributed by atoms with Crippen LogP contribution in [0.5, 0.6) is 0 Å². The molecule has 1 aromatic carbocycles. The number of hydrogen-bond donors (Lipinski definition) is 1. The second-order valence-electron chi connectivity index (χ2n) is 4.60. The van der Waals surface area contributed by atoms with Gasteiger partial charge >= 0.3 is 0 Å². The van der Waals surface area contributed by atoms with Gasteiger partial charge in [0.15, 0.2) is 5.82 Å². The number of benzene rings is 1. The molecule has 1 aromatic heterocycles. The highest BCUT2D eigenvalue weighted by atomic mass is 79.9. The van der Waals surface area contributed by atoms with Crippen LogP contribution in [0.4, 0.5) is 5.69 Å². The van der Waals surface area contributed by atoms with Gasteiger partial charge in [-0.1, -0.05) is 0 Å². The van der Waals surface area contributed by atoms with E-state index in [0.29, 0.717) is 17.3 Å². The number of tetrazole rings is 1. The summed E-state index contributed by atoms with van der Waals surface area (Å²) < 4.78 is 13.8. The van der Waals surface area contributed by atoms with Crippen molar-refractivity contribution in [2.45, 2.75) is 19.4 Å². The lowest BCUT2D eigenvalue weighted by molar-refractivity contribution is 0.470. The molecule has 2 N–H and O–H groups in total. The van der Waals surface area contributed by atoms with E-state index in [0.717, 1.165) is 16.5 Å². The lowest BCUT2D eigenvalue weighted by atomic mass is 10.1. The van der Waals surface area contributed by atoms with E-state index in [4.69, 9.17) is 5.73 Å². The zero-order valence-corrected chi connectivity index (χ0v) is 13.7. The van der Waals surface area contributed by atoms with Crippen molar-refractivity contribution in [3.8, 4) is 11.4 Å². The van der Waals surface area contributed by atoms with Crippen LogP contribution in [0.25, 0.3) is 11.4 Å². The van der Waals surface area contributed by atoms with Crippen LogP contribution in [0.15, 0.2) is 22.7 Å². The summed E-state index contributed by atoms with van der Waals surface area (Å²) in [5, 5.41) is 11.8. The molecule has 1 heterocycles. The number of rotatable bonds is 5. The van der Waals surface area contributed by atoms with Crippen LogP contribution in [0.3, 0.4) is 0 Å². The minimum atomic E-state index is -0.814. The highest BCUT2D eigenvalue weighted by molar-refractivity contribution is 9.10. The van der Waals surface area contributed by atoms with Crippen LogP contribution < -0.4 is 5.73 Å². The Balaban J connectivity index is 2.27. The molecule has 2 aromatic rings. The molecule has 0 spiro atoms. The molecular formula is C12H16BrN5OS. The van der Waals surface area contributed by atoms with E-state index in [1.165, 1.54) is 0 Å². The van der Waals surface area contributed by atoms with Gasteiger partial charge in [-0.05, 0) is 57.9 Å². The summed E-state index contributed by atoms with van der Waals surface area (Å²) in [5.74, 6) is 1.29. The lowest BCUT2D eigenvalue weighted by Gasteiger charge is -2.13. The van der Waals surface area contributed by atoms with E-state index in [2.05, 4.69) is 31.5 Å². The predicted molar refractivity (Wildman–Crippen MR) is 83.6 cm³/mol. The van der Waals surface area contributed by atoms with Gasteiger partial charge in [0.2, 0.25) is 0 Å². The normalized spacial score (nSPS) is 14.2. The smallest absolute Gasteiger partial charge is 0.182 e. The molecule has 108 valence electrons. The van der Waals surface area contributed by atoms with Crippen molar-refractivity contribution in [1.29, 1.82) is 0 Å². The van der Waals surface area contributed by atoms with Crippen LogP contribution in [0.2, 0.25) is 0 Å². The Morgan fingerprint density at radius 1 is 1.50 bits per heavy atom. The molecule has 0 bridgehead atoms. The monoisotopic (exact) mass is 357 g/mol. The average Bonchev–Trinajstić information content (AvgIpc) is 2.88. The number of anilines is 1. The van der Waals surface area contributed by atoms with Crippen LogP contribution in [-0.2, 0) is 10.8 Å². The Morgan fingerprint density at radius 2 is 2.25 bits per heavy atom. The van der Waals surface area contributed by atoms with E-state index in [1.54, 1.807) is 10.9 Å². The summed E-state index contributed by atoms with van der Waals surface area (Å²) in [6, 6.07) is 5.69. The summed E-state index contributed by atoms with van der Waals surface area (Å²) in [5.41, 5.74) is 7.39. The fourth-order valence-electron chi connectivity index (χ4n) is 1.82. The number of nitrogens with two attached hydrogens (primary N) is 1. The molecule has 2 atom stereocenters. The Labute approximate surface area is 128 Å². The molecule has 0 radical (unpaired) electrons. The predicted octanol–water partition coefficient (Wildman–Crippen LogP) is 2.01. The Kier molecular flexibility index (Phi) is 4.87. The first-order valence-electron chi connectivity index (χ1n) is 6.12. The third-order valence-electron chi connectivity index (χ3n) is 2.99. The van der Waals surface area contributed by atoms with Crippen molar-refractivity contribution in [1.82, 2.24) is 20.2 Å².